The molecule has 1 aliphatic rings. The van der Waals surface area contributed by atoms with Crippen LogP contribution in [0.25, 0.3) is 0 Å². The van der Waals surface area contributed by atoms with Gasteiger partial charge >= 0.3 is 0 Å². The number of hydrogen-bond acceptors (Lipinski definition) is 3. The zero-order chi connectivity index (χ0) is 16.5. The molecule has 2 N–H and O–H groups in total. The van der Waals surface area contributed by atoms with Crippen LogP contribution >= 0.6 is 0 Å². The number of primary amides is 1. The molecule has 1 aromatic carbocycles. The van der Waals surface area contributed by atoms with Crippen LogP contribution in [0.4, 0.5) is 0 Å². The van der Waals surface area contributed by atoms with Gasteiger partial charge in [0.25, 0.3) is 0 Å². The number of amides is 2. The highest BCUT2D eigenvalue weighted by Gasteiger charge is 2.26. The van der Waals surface area contributed by atoms with Crippen LogP contribution in [0.15, 0.2) is 30.3 Å². The van der Waals surface area contributed by atoms with Crippen LogP contribution in [0.2, 0.25) is 0 Å². The summed E-state index contributed by atoms with van der Waals surface area (Å²) in [5.41, 5.74) is 6.59. The minimum atomic E-state index is -0.299. The van der Waals surface area contributed by atoms with Gasteiger partial charge in [-0.3, -0.25) is 9.59 Å². The summed E-state index contributed by atoms with van der Waals surface area (Å²) in [5.74, 6) is -0.385. The summed E-state index contributed by atoms with van der Waals surface area (Å²) < 4.78 is 5.59. The lowest BCUT2D eigenvalue weighted by Crippen LogP contribution is -2.44. The fourth-order valence-corrected chi connectivity index (χ4v) is 2.86. The molecule has 1 aliphatic heterocycles. The van der Waals surface area contributed by atoms with Gasteiger partial charge in [0.15, 0.2) is 0 Å². The molecule has 1 atom stereocenters. The summed E-state index contributed by atoms with van der Waals surface area (Å²) in [6.07, 6.45) is 3.72. The van der Waals surface area contributed by atoms with Crippen molar-refractivity contribution >= 4 is 11.8 Å². The second-order valence-corrected chi connectivity index (χ2v) is 6.03. The number of hydrogen-bond donors (Lipinski definition) is 1. The van der Waals surface area contributed by atoms with E-state index >= 15 is 0 Å². The van der Waals surface area contributed by atoms with Crippen molar-refractivity contribution in [3.63, 3.8) is 0 Å². The Labute approximate surface area is 137 Å². The molecule has 1 saturated heterocycles. The van der Waals surface area contributed by atoms with E-state index in [0.717, 1.165) is 25.8 Å². The molecule has 0 radical (unpaired) electrons. The van der Waals surface area contributed by atoms with Crippen molar-refractivity contribution in [2.24, 2.45) is 11.7 Å². The van der Waals surface area contributed by atoms with Gasteiger partial charge in [-0.25, -0.2) is 0 Å². The molecule has 0 saturated carbocycles. The second kappa shape index (κ2) is 9.30. The molecule has 1 fully saturated rings. The lowest BCUT2D eigenvalue weighted by molar-refractivity contribution is -0.135. The molecule has 0 aromatic heterocycles. The van der Waals surface area contributed by atoms with Gasteiger partial charge in [-0.2, -0.15) is 0 Å². The van der Waals surface area contributed by atoms with E-state index in [1.807, 2.05) is 18.2 Å². The van der Waals surface area contributed by atoms with Gasteiger partial charge in [0.1, 0.15) is 0 Å². The predicted octanol–water partition coefficient (Wildman–Crippen LogP) is 1.75. The molecular formula is C18H26N2O3. The number of carbonyl (C=O) groups excluding carboxylic acids is 2. The minimum absolute atomic E-state index is 0.0996. The molecule has 23 heavy (non-hydrogen) atoms. The quantitative estimate of drug-likeness (QED) is 0.742. The number of piperidine rings is 1. The zero-order valence-corrected chi connectivity index (χ0v) is 13.6. The standard InChI is InChI=1S/C18H26N2O3/c19-18(22)16-8-4-11-20(14-16)17(21)9-5-12-23-13-10-15-6-2-1-3-7-15/h1-3,6-7,16H,4-5,8-14H2,(H2,19,22)/t16-/m1/s1. The maximum atomic E-state index is 12.1. The van der Waals surface area contributed by atoms with Crippen LogP contribution in [0.3, 0.4) is 0 Å². The van der Waals surface area contributed by atoms with E-state index in [0.29, 0.717) is 32.6 Å². The second-order valence-electron chi connectivity index (χ2n) is 6.03. The maximum absolute atomic E-state index is 12.1. The number of nitrogens with zero attached hydrogens (tertiary/aromatic N) is 1. The SMILES string of the molecule is NC(=O)[C@@H]1CCCN(C(=O)CCCOCCc2ccccc2)C1. The Kier molecular flexibility index (Phi) is 7.07. The van der Waals surface area contributed by atoms with Crippen LogP contribution in [-0.4, -0.2) is 43.0 Å². The lowest BCUT2D eigenvalue weighted by Gasteiger charge is -2.31. The first-order chi connectivity index (χ1) is 11.2. The Hall–Kier alpha value is -1.88. The van der Waals surface area contributed by atoms with Crippen LogP contribution in [0.1, 0.15) is 31.2 Å². The highest BCUT2D eigenvalue weighted by atomic mass is 16.5. The smallest absolute Gasteiger partial charge is 0.222 e. The summed E-state index contributed by atoms with van der Waals surface area (Å²) in [6.45, 7) is 2.47. The largest absolute Gasteiger partial charge is 0.381 e. The van der Waals surface area contributed by atoms with Crippen molar-refractivity contribution in [3.8, 4) is 0 Å². The molecule has 1 heterocycles. The minimum Gasteiger partial charge on any atom is -0.381 e. The van der Waals surface area contributed by atoms with Crippen LogP contribution in [0.5, 0.6) is 0 Å². The maximum Gasteiger partial charge on any atom is 0.222 e. The summed E-state index contributed by atoms with van der Waals surface area (Å²) >= 11 is 0. The van der Waals surface area contributed by atoms with Gasteiger partial charge in [0, 0.05) is 26.1 Å². The third-order valence-corrected chi connectivity index (χ3v) is 4.23. The first-order valence-corrected chi connectivity index (χ1v) is 8.35. The fraction of sp³-hybridized carbons (Fsp3) is 0.556. The van der Waals surface area contributed by atoms with E-state index in [1.54, 1.807) is 4.90 Å². The summed E-state index contributed by atoms with van der Waals surface area (Å²) in [4.78, 5) is 25.1. The molecule has 0 spiro atoms. The van der Waals surface area contributed by atoms with E-state index in [9.17, 15) is 9.59 Å². The summed E-state index contributed by atoms with van der Waals surface area (Å²) in [6, 6.07) is 10.2. The molecular weight excluding hydrogens is 292 g/mol. The van der Waals surface area contributed by atoms with E-state index < -0.39 is 0 Å². The van der Waals surface area contributed by atoms with Gasteiger partial charge < -0.3 is 15.4 Å². The lowest BCUT2D eigenvalue weighted by atomic mass is 9.97. The molecule has 2 rings (SSSR count). The van der Waals surface area contributed by atoms with Crippen LogP contribution in [-0.2, 0) is 20.7 Å². The predicted molar refractivity (Wildman–Crippen MR) is 88.7 cm³/mol. The van der Waals surface area contributed by atoms with Gasteiger partial charge in [-0.15, -0.1) is 0 Å². The van der Waals surface area contributed by atoms with Crippen LogP contribution < -0.4 is 5.73 Å². The number of carbonyl (C=O) groups is 2. The van der Waals surface area contributed by atoms with Crippen molar-refractivity contribution in [1.82, 2.24) is 4.90 Å². The Bertz CT molecular complexity index is 504. The molecule has 5 heteroatoms. The summed E-state index contributed by atoms with van der Waals surface area (Å²) in [7, 11) is 0. The van der Waals surface area contributed by atoms with Crippen molar-refractivity contribution in [3.05, 3.63) is 35.9 Å². The molecule has 126 valence electrons. The molecule has 2 amide bonds. The molecule has 0 aliphatic carbocycles. The molecule has 1 aromatic rings. The van der Waals surface area contributed by atoms with Crippen LogP contribution in [0, 0.1) is 5.92 Å². The molecule has 5 nitrogen and oxygen atoms in total. The van der Waals surface area contributed by atoms with Crippen molar-refractivity contribution in [1.29, 1.82) is 0 Å². The number of nitrogens with two attached hydrogens (primary N) is 1. The average molecular weight is 318 g/mol. The van der Waals surface area contributed by atoms with E-state index in [1.165, 1.54) is 5.56 Å². The Morgan fingerprint density at radius 3 is 2.74 bits per heavy atom. The number of benzene rings is 1. The highest BCUT2D eigenvalue weighted by molar-refractivity contribution is 5.80. The number of likely N-dealkylation sites (tertiary alicyclic amines) is 1. The van der Waals surface area contributed by atoms with Crippen molar-refractivity contribution in [2.45, 2.75) is 32.1 Å². The first-order valence-electron chi connectivity index (χ1n) is 8.35. The zero-order valence-electron chi connectivity index (χ0n) is 13.6. The third-order valence-electron chi connectivity index (χ3n) is 4.23. The average Bonchev–Trinajstić information content (AvgIpc) is 2.58. The topological polar surface area (TPSA) is 72.6 Å². The van der Waals surface area contributed by atoms with Crippen molar-refractivity contribution in [2.75, 3.05) is 26.3 Å². The number of ether oxygens (including phenoxy) is 1. The molecule has 0 bridgehead atoms. The Morgan fingerprint density at radius 2 is 2.00 bits per heavy atom. The van der Waals surface area contributed by atoms with Gasteiger partial charge in [-0.1, -0.05) is 30.3 Å². The van der Waals surface area contributed by atoms with Gasteiger partial charge in [0.05, 0.1) is 12.5 Å². The Balaban J connectivity index is 1.57. The first kappa shape index (κ1) is 17.5. The van der Waals surface area contributed by atoms with E-state index in [-0.39, 0.29) is 17.7 Å². The van der Waals surface area contributed by atoms with Crippen molar-refractivity contribution < 1.29 is 14.3 Å². The highest BCUT2D eigenvalue weighted by Crippen LogP contribution is 2.17. The van der Waals surface area contributed by atoms with E-state index in [4.69, 9.17) is 10.5 Å². The fourth-order valence-electron chi connectivity index (χ4n) is 2.86. The molecule has 0 unspecified atom stereocenters. The van der Waals surface area contributed by atoms with E-state index in [2.05, 4.69) is 12.1 Å². The van der Waals surface area contributed by atoms with Gasteiger partial charge in [-0.05, 0) is 31.2 Å². The summed E-state index contributed by atoms with van der Waals surface area (Å²) in [5, 5.41) is 0. The Morgan fingerprint density at radius 1 is 1.22 bits per heavy atom. The monoisotopic (exact) mass is 318 g/mol. The number of rotatable bonds is 8. The third kappa shape index (κ3) is 6.02. The van der Waals surface area contributed by atoms with Gasteiger partial charge in [0.2, 0.25) is 11.8 Å². The normalized spacial score (nSPS) is 17.9.